The Morgan fingerprint density at radius 2 is 2.07 bits per heavy atom. The highest BCUT2D eigenvalue weighted by molar-refractivity contribution is 5.63. The summed E-state index contributed by atoms with van der Waals surface area (Å²) in [5.41, 5.74) is 3.26. The molecule has 0 radical (unpaired) electrons. The summed E-state index contributed by atoms with van der Waals surface area (Å²) in [7, 11) is 3.73. The van der Waals surface area contributed by atoms with E-state index in [1.165, 1.54) is 5.56 Å². The number of aryl methyl sites for hydroxylation is 2. The molecule has 0 bridgehead atoms. The van der Waals surface area contributed by atoms with Crippen LogP contribution >= 0.6 is 0 Å². The molecule has 2 rings (SSSR count). The maximum Gasteiger partial charge on any atom is 0.181 e. The van der Waals surface area contributed by atoms with Gasteiger partial charge in [-0.25, -0.2) is 4.68 Å². The van der Waals surface area contributed by atoms with E-state index in [4.69, 9.17) is 0 Å². The number of hydrogen-bond acceptors (Lipinski definition) is 4. The van der Waals surface area contributed by atoms with E-state index in [1.54, 1.807) is 4.68 Å². The first kappa shape index (κ1) is 9.64. The topological polar surface area (TPSA) is 55.6 Å². The first-order chi connectivity index (χ1) is 7.20. The Hall–Kier alpha value is -1.91. The molecule has 0 fully saturated rings. The molecule has 0 saturated heterocycles. The average molecular weight is 203 g/mol. The Balaban J connectivity index is 2.53. The summed E-state index contributed by atoms with van der Waals surface area (Å²) in [5, 5.41) is 14.5. The maximum absolute atomic E-state index is 3.98. The third-order valence-electron chi connectivity index (χ3n) is 2.24. The zero-order valence-corrected chi connectivity index (χ0v) is 9.02. The lowest BCUT2D eigenvalue weighted by Gasteiger charge is -2.05. The monoisotopic (exact) mass is 203 g/mol. The maximum atomic E-state index is 3.98. The van der Waals surface area contributed by atoms with Crippen LogP contribution < -0.4 is 5.32 Å². The molecule has 5 nitrogen and oxygen atoms in total. The number of anilines is 1. The summed E-state index contributed by atoms with van der Waals surface area (Å²) in [6.45, 7) is 2.05. The molecule has 0 saturated carbocycles. The second-order valence-corrected chi connectivity index (χ2v) is 3.46. The lowest BCUT2D eigenvalue weighted by molar-refractivity contribution is 0.714. The van der Waals surface area contributed by atoms with Gasteiger partial charge in [0.25, 0.3) is 0 Å². The lowest BCUT2D eigenvalue weighted by atomic mass is 10.1. The smallest absolute Gasteiger partial charge is 0.181 e. The van der Waals surface area contributed by atoms with Crippen LogP contribution in [0.5, 0.6) is 0 Å². The van der Waals surface area contributed by atoms with E-state index >= 15 is 0 Å². The van der Waals surface area contributed by atoms with Crippen LogP contribution in [-0.4, -0.2) is 27.3 Å². The van der Waals surface area contributed by atoms with Crippen LogP contribution in [0.2, 0.25) is 0 Å². The first-order valence-corrected chi connectivity index (χ1v) is 4.73. The number of nitrogens with one attached hydrogen (secondary N) is 1. The van der Waals surface area contributed by atoms with E-state index in [1.807, 2.05) is 27.1 Å². The molecule has 0 amide bonds. The Kier molecular flexibility index (Phi) is 2.37. The standard InChI is InChI=1S/C10H13N5/c1-7-4-8(6-9(5-7)11-2)10-12-13-14-15(10)3/h4-6,11H,1-3H3. The van der Waals surface area contributed by atoms with Crippen molar-refractivity contribution in [2.75, 3.05) is 12.4 Å². The zero-order valence-electron chi connectivity index (χ0n) is 9.02. The first-order valence-electron chi connectivity index (χ1n) is 4.73. The van der Waals surface area contributed by atoms with Crippen molar-refractivity contribution in [1.82, 2.24) is 20.2 Å². The summed E-state index contributed by atoms with van der Waals surface area (Å²) in [5.74, 6) is 0.773. The van der Waals surface area contributed by atoms with Crippen molar-refractivity contribution in [2.24, 2.45) is 7.05 Å². The molecule has 1 heterocycles. The molecule has 0 aliphatic carbocycles. The van der Waals surface area contributed by atoms with Gasteiger partial charge in [-0.1, -0.05) is 0 Å². The van der Waals surface area contributed by atoms with Crippen LogP contribution in [0.15, 0.2) is 18.2 Å². The molecule has 78 valence electrons. The number of benzene rings is 1. The third-order valence-corrected chi connectivity index (χ3v) is 2.24. The predicted molar refractivity (Wildman–Crippen MR) is 58.5 cm³/mol. The lowest BCUT2D eigenvalue weighted by Crippen LogP contribution is -1.96. The molecule has 0 aliphatic rings. The summed E-state index contributed by atoms with van der Waals surface area (Å²) < 4.78 is 1.66. The second-order valence-electron chi connectivity index (χ2n) is 3.46. The van der Waals surface area contributed by atoms with Gasteiger partial charge in [-0.15, -0.1) is 5.10 Å². The highest BCUT2D eigenvalue weighted by atomic mass is 15.5. The van der Waals surface area contributed by atoms with E-state index in [-0.39, 0.29) is 0 Å². The minimum absolute atomic E-state index is 0.773. The predicted octanol–water partition coefficient (Wildman–Crippen LogP) is 1.23. The largest absolute Gasteiger partial charge is 0.388 e. The van der Waals surface area contributed by atoms with Gasteiger partial charge in [-0.2, -0.15) is 0 Å². The van der Waals surface area contributed by atoms with E-state index in [0.717, 1.165) is 17.1 Å². The van der Waals surface area contributed by atoms with Crippen molar-refractivity contribution in [2.45, 2.75) is 6.92 Å². The summed E-state index contributed by atoms with van der Waals surface area (Å²) in [6.07, 6.45) is 0. The average Bonchev–Trinajstić information content (AvgIpc) is 2.63. The number of rotatable bonds is 2. The van der Waals surface area contributed by atoms with E-state index in [2.05, 4.69) is 33.0 Å². The van der Waals surface area contributed by atoms with Crippen molar-refractivity contribution in [1.29, 1.82) is 0 Å². The van der Waals surface area contributed by atoms with Crippen LogP contribution in [0.1, 0.15) is 5.56 Å². The molecule has 2 aromatic rings. The Labute approximate surface area is 88.1 Å². The number of tetrazole rings is 1. The molecular formula is C10H13N5. The van der Waals surface area contributed by atoms with Crippen molar-refractivity contribution in [3.8, 4) is 11.4 Å². The highest BCUT2D eigenvalue weighted by Crippen LogP contribution is 2.21. The Bertz CT molecular complexity index is 474. The van der Waals surface area contributed by atoms with Crippen LogP contribution in [0, 0.1) is 6.92 Å². The van der Waals surface area contributed by atoms with Gasteiger partial charge < -0.3 is 5.32 Å². The highest BCUT2D eigenvalue weighted by Gasteiger charge is 2.06. The van der Waals surface area contributed by atoms with Gasteiger partial charge in [0, 0.05) is 25.3 Å². The molecule has 1 N–H and O–H groups in total. The number of hydrogen-bond donors (Lipinski definition) is 1. The Morgan fingerprint density at radius 3 is 2.67 bits per heavy atom. The molecule has 0 aliphatic heterocycles. The minimum Gasteiger partial charge on any atom is -0.388 e. The van der Waals surface area contributed by atoms with Crippen molar-refractivity contribution < 1.29 is 0 Å². The van der Waals surface area contributed by atoms with Crippen LogP contribution in [0.25, 0.3) is 11.4 Å². The van der Waals surface area contributed by atoms with Gasteiger partial charge in [0.2, 0.25) is 0 Å². The van der Waals surface area contributed by atoms with Gasteiger partial charge in [0.1, 0.15) is 0 Å². The Morgan fingerprint density at radius 1 is 1.27 bits per heavy atom. The van der Waals surface area contributed by atoms with Crippen LogP contribution in [0.4, 0.5) is 5.69 Å². The van der Waals surface area contributed by atoms with Gasteiger partial charge in [0.15, 0.2) is 5.82 Å². The molecule has 0 unspecified atom stereocenters. The van der Waals surface area contributed by atoms with Gasteiger partial charge in [-0.05, 0) is 41.1 Å². The second kappa shape index (κ2) is 3.68. The van der Waals surface area contributed by atoms with Crippen LogP contribution in [-0.2, 0) is 7.05 Å². The summed E-state index contributed by atoms with van der Waals surface area (Å²) >= 11 is 0. The molecule has 1 aromatic heterocycles. The minimum atomic E-state index is 0.773. The number of nitrogens with zero attached hydrogens (tertiary/aromatic N) is 4. The molecule has 15 heavy (non-hydrogen) atoms. The molecular weight excluding hydrogens is 190 g/mol. The fourth-order valence-electron chi connectivity index (χ4n) is 1.53. The quantitative estimate of drug-likeness (QED) is 0.797. The van der Waals surface area contributed by atoms with Gasteiger partial charge >= 0.3 is 0 Å². The SMILES string of the molecule is CNc1cc(C)cc(-c2nnnn2C)c1. The van der Waals surface area contributed by atoms with Gasteiger partial charge in [0.05, 0.1) is 0 Å². The molecule has 0 spiro atoms. The number of aromatic nitrogens is 4. The van der Waals surface area contributed by atoms with Crippen molar-refractivity contribution in [3.05, 3.63) is 23.8 Å². The van der Waals surface area contributed by atoms with Crippen molar-refractivity contribution >= 4 is 5.69 Å². The molecule has 0 atom stereocenters. The third kappa shape index (κ3) is 1.81. The van der Waals surface area contributed by atoms with E-state index in [0.29, 0.717) is 0 Å². The summed E-state index contributed by atoms with van der Waals surface area (Å²) in [6, 6.07) is 6.17. The molecule has 1 aromatic carbocycles. The van der Waals surface area contributed by atoms with Gasteiger partial charge in [-0.3, -0.25) is 0 Å². The zero-order chi connectivity index (χ0) is 10.8. The van der Waals surface area contributed by atoms with E-state index in [9.17, 15) is 0 Å². The summed E-state index contributed by atoms with van der Waals surface area (Å²) in [4.78, 5) is 0. The van der Waals surface area contributed by atoms with E-state index < -0.39 is 0 Å². The normalized spacial score (nSPS) is 10.3. The van der Waals surface area contributed by atoms with Crippen molar-refractivity contribution in [3.63, 3.8) is 0 Å². The molecule has 5 heteroatoms. The van der Waals surface area contributed by atoms with Crippen LogP contribution in [0.3, 0.4) is 0 Å². The fraction of sp³-hybridized carbons (Fsp3) is 0.300. The fourth-order valence-corrected chi connectivity index (χ4v) is 1.53.